The average Bonchev–Trinajstić information content (AvgIpc) is 3.42. The molecule has 2 aliphatic heterocycles. The first-order chi connectivity index (χ1) is 16.2. The fourth-order valence-corrected chi connectivity index (χ4v) is 6.98. The van der Waals surface area contributed by atoms with Crippen LogP contribution in [0.15, 0.2) is 24.4 Å². The molecule has 4 rings (SSSR count). The molecule has 11 heteroatoms. The first kappa shape index (κ1) is 24.6. The fourth-order valence-electron chi connectivity index (χ4n) is 5.01. The van der Waals surface area contributed by atoms with Gasteiger partial charge >= 0.3 is 6.09 Å². The summed E-state index contributed by atoms with van der Waals surface area (Å²) in [5.41, 5.74) is 2.00. The van der Waals surface area contributed by atoms with Crippen molar-refractivity contribution in [1.82, 2.24) is 15.0 Å². The summed E-state index contributed by atoms with van der Waals surface area (Å²) in [4.78, 5) is 13.6. The van der Waals surface area contributed by atoms with Crippen LogP contribution in [0.5, 0.6) is 5.75 Å². The SMILES string of the molecule is CO[C@H]1c2cc(N3CCOC3=O)ccc2O[C@@H](C(CCn2cc(CCO)nn2)[Si](C)(C)F)[C@@H]1C. The molecule has 186 valence electrons. The predicted molar refractivity (Wildman–Crippen MR) is 126 cm³/mol. The van der Waals surface area contributed by atoms with E-state index in [1.807, 2.05) is 25.1 Å². The second-order valence-corrected chi connectivity index (χ2v) is 13.4. The van der Waals surface area contributed by atoms with Crippen LogP contribution in [0, 0.1) is 5.92 Å². The van der Waals surface area contributed by atoms with Crippen molar-refractivity contribution in [2.75, 3.05) is 31.8 Å². The molecule has 1 saturated heterocycles. The second-order valence-electron chi connectivity index (χ2n) is 9.49. The first-order valence-electron chi connectivity index (χ1n) is 11.7. The number of aromatic nitrogens is 3. The Morgan fingerprint density at radius 2 is 2.18 bits per heavy atom. The molecule has 0 aliphatic carbocycles. The van der Waals surface area contributed by atoms with E-state index in [1.54, 1.807) is 36.0 Å². The van der Waals surface area contributed by atoms with Crippen LogP contribution in [-0.2, 0) is 22.4 Å². The normalized spacial score (nSPS) is 23.4. The third-order valence-corrected chi connectivity index (χ3v) is 9.17. The Balaban J connectivity index is 1.57. The number of amides is 1. The van der Waals surface area contributed by atoms with E-state index in [0.717, 1.165) is 11.3 Å². The molecule has 2 aromatic rings. The van der Waals surface area contributed by atoms with E-state index >= 15 is 4.11 Å². The van der Waals surface area contributed by atoms with Crippen LogP contribution in [0.4, 0.5) is 14.6 Å². The number of cyclic esters (lactones) is 1. The molecule has 34 heavy (non-hydrogen) atoms. The Kier molecular flexibility index (Phi) is 7.24. The van der Waals surface area contributed by atoms with Crippen LogP contribution < -0.4 is 9.64 Å². The third-order valence-electron chi connectivity index (χ3n) is 6.79. The minimum Gasteiger partial charge on any atom is -0.490 e. The van der Waals surface area contributed by atoms with E-state index in [1.165, 1.54) is 0 Å². The molecular formula is C23H33FN4O5Si. The lowest BCUT2D eigenvalue weighted by Crippen LogP contribution is -2.46. The summed E-state index contributed by atoms with van der Waals surface area (Å²) < 4.78 is 34.7. The molecule has 1 aromatic carbocycles. The molecule has 3 heterocycles. The number of rotatable bonds is 9. The Hall–Kier alpha value is -2.50. The minimum atomic E-state index is -3.13. The summed E-state index contributed by atoms with van der Waals surface area (Å²) in [6.45, 7) is 6.84. The number of benzene rings is 1. The topological polar surface area (TPSA) is 98.9 Å². The molecule has 0 saturated carbocycles. The lowest BCUT2D eigenvalue weighted by molar-refractivity contribution is -0.0242. The standard InChI is InChI=1S/C23H33FN4O5Si/c1-15-21(31-2)18-13-17(28-10-12-32-23(28)30)5-6-19(18)33-22(15)20(34(3,4)24)7-9-27-14-16(8-11-29)25-26-27/h5-6,13-15,20-22,29H,7-12H2,1-4H3/t15-,20?,21-,22-/m1/s1. The van der Waals surface area contributed by atoms with Crippen molar-refractivity contribution >= 4 is 20.2 Å². The number of nitrogens with zero attached hydrogens (tertiary/aromatic N) is 4. The maximum atomic E-state index is 15.6. The van der Waals surface area contributed by atoms with Gasteiger partial charge in [-0.2, -0.15) is 0 Å². The number of fused-ring (bicyclic) bond motifs is 1. The quantitative estimate of drug-likeness (QED) is 0.423. The molecule has 0 radical (unpaired) electrons. The Morgan fingerprint density at radius 1 is 1.38 bits per heavy atom. The molecule has 1 aromatic heterocycles. The van der Waals surface area contributed by atoms with Gasteiger partial charge in [0.1, 0.15) is 18.5 Å². The van der Waals surface area contributed by atoms with Gasteiger partial charge in [0.2, 0.25) is 8.41 Å². The molecular weight excluding hydrogens is 459 g/mol. The van der Waals surface area contributed by atoms with Gasteiger partial charge in [0.05, 0.1) is 18.3 Å². The van der Waals surface area contributed by atoms with Crippen molar-refractivity contribution in [2.24, 2.45) is 5.92 Å². The molecule has 1 amide bonds. The van der Waals surface area contributed by atoms with Crippen LogP contribution in [-0.4, -0.2) is 67.6 Å². The van der Waals surface area contributed by atoms with Gasteiger partial charge in [-0.05, 0) is 37.7 Å². The monoisotopic (exact) mass is 492 g/mol. The largest absolute Gasteiger partial charge is 0.490 e. The number of aliphatic hydroxyl groups excluding tert-OH is 1. The number of carbonyl (C=O) groups excluding carboxylic acids is 1. The summed E-state index contributed by atoms with van der Waals surface area (Å²) >= 11 is 0. The van der Waals surface area contributed by atoms with Gasteiger partial charge in [-0.15, -0.1) is 5.10 Å². The number of methoxy groups -OCH3 is 1. The van der Waals surface area contributed by atoms with Gasteiger partial charge in [-0.3, -0.25) is 9.58 Å². The van der Waals surface area contributed by atoms with E-state index in [4.69, 9.17) is 19.3 Å². The number of halogens is 1. The molecule has 1 unspecified atom stereocenters. The van der Waals surface area contributed by atoms with E-state index in [2.05, 4.69) is 10.3 Å². The van der Waals surface area contributed by atoms with Gasteiger partial charge in [0.15, 0.2) is 0 Å². The highest BCUT2D eigenvalue weighted by atomic mass is 28.4. The fraction of sp³-hybridized carbons (Fsp3) is 0.609. The van der Waals surface area contributed by atoms with E-state index in [-0.39, 0.29) is 36.4 Å². The van der Waals surface area contributed by atoms with Crippen LogP contribution in [0.2, 0.25) is 18.6 Å². The summed E-state index contributed by atoms with van der Waals surface area (Å²) in [7, 11) is -1.49. The van der Waals surface area contributed by atoms with Crippen molar-refractivity contribution in [2.45, 2.75) is 57.2 Å². The number of ether oxygens (including phenoxy) is 3. The Bertz CT molecular complexity index is 1010. The summed E-state index contributed by atoms with van der Waals surface area (Å²) in [6, 6.07) is 5.58. The highest BCUT2D eigenvalue weighted by Crippen LogP contribution is 2.48. The molecule has 1 fully saturated rings. The number of hydrogen-bond donors (Lipinski definition) is 1. The molecule has 0 bridgehead atoms. The summed E-state index contributed by atoms with van der Waals surface area (Å²) in [6.07, 6.45) is 1.76. The van der Waals surface area contributed by atoms with Crippen molar-refractivity contribution < 1.29 is 28.2 Å². The first-order valence-corrected chi connectivity index (χ1v) is 14.6. The van der Waals surface area contributed by atoms with Crippen LogP contribution in [0.1, 0.15) is 30.7 Å². The summed E-state index contributed by atoms with van der Waals surface area (Å²) in [5.74, 6) is 0.548. The molecule has 1 N–H and O–H groups in total. The number of anilines is 1. The van der Waals surface area contributed by atoms with Gasteiger partial charge in [0.25, 0.3) is 0 Å². The molecule has 0 spiro atoms. The maximum absolute atomic E-state index is 15.6. The molecule has 9 nitrogen and oxygen atoms in total. The van der Waals surface area contributed by atoms with E-state index in [0.29, 0.717) is 44.0 Å². The Morgan fingerprint density at radius 3 is 2.82 bits per heavy atom. The van der Waals surface area contributed by atoms with Gasteiger partial charge in [-0.1, -0.05) is 12.1 Å². The lowest BCUT2D eigenvalue weighted by Gasteiger charge is -2.43. The van der Waals surface area contributed by atoms with Gasteiger partial charge in [0, 0.05) is 55.6 Å². The zero-order valence-electron chi connectivity index (χ0n) is 20.1. The average molecular weight is 493 g/mol. The highest BCUT2D eigenvalue weighted by molar-refractivity contribution is 6.72. The minimum absolute atomic E-state index is 0.0116. The molecule has 4 atom stereocenters. The lowest BCUT2D eigenvalue weighted by atomic mass is 9.86. The second kappa shape index (κ2) is 10.0. The smallest absolute Gasteiger partial charge is 0.414 e. The van der Waals surface area contributed by atoms with Crippen molar-refractivity contribution in [3.63, 3.8) is 0 Å². The number of carbonyl (C=O) groups is 1. The van der Waals surface area contributed by atoms with Crippen LogP contribution in [0.25, 0.3) is 0 Å². The van der Waals surface area contributed by atoms with Crippen molar-refractivity contribution in [3.05, 3.63) is 35.7 Å². The zero-order chi connectivity index (χ0) is 24.5. The van der Waals surface area contributed by atoms with Gasteiger partial charge < -0.3 is 23.4 Å². The van der Waals surface area contributed by atoms with Crippen molar-refractivity contribution in [1.29, 1.82) is 0 Å². The number of aryl methyl sites for hydroxylation is 1. The van der Waals surface area contributed by atoms with E-state index < -0.39 is 8.41 Å². The molecule has 2 aliphatic rings. The highest BCUT2D eigenvalue weighted by Gasteiger charge is 2.47. The zero-order valence-corrected chi connectivity index (χ0v) is 21.1. The van der Waals surface area contributed by atoms with E-state index in [9.17, 15) is 4.79 Å². The third kappa shape index (κ3) is 4.96. The maximum Gasteiger partial charge on any atom is 0.414 e. The van der Waals surface area contributed by atoms with Crippen LogP contribution >= 0.6 is 0 Å². The number of hydrogen-bond acceptors (Lipinski definition) is 7. The Labute approximate surface area is 200 Å². The van der Waals surface area contributed by atoms with Crippen molar-refractivity contribution in [3.8, 4) is 5.75 Å². The predicted octanol–water partition coefficient (Wildman–Crippen LogP) is 3.49. The summed E-state index contributed by atoms with van der Waals surface area (Å²) in [5, 5.41) is 17.3. The van der Waals surface area contributed by atoms with Gasteiger partial charge in [-0.25, -0.2) is 4.79 Å². The van der Waals surface area contributed by atoms with Crippen LogP contribution in [0.3, 0.4) is 0 Å². The number of aliphatic hydroxyl groups is 1.